The number of amides is 1. The fourth-order valence-corrected chi connectivity index (χ4v) is 5.43. The topological polar surface area (TPSA) is 150 Å². The first kappa shape index (κ1) is 31.3. The zero-order valence-corrected chi connectivity index (χ0v) is 23.6. The molecule has 1 aliphatic rings. The third-order valence-electron chi connectivity index (χ3n) is 7.33. The van der Waals surface area contributed by atoms with Crippen LogP contribution < -0.4 is 5.32 Å². The van der Waals surface area contributed by atoms with E-state index in [4.69, 9.17) is 9.90 Å². The number of carboxylic acid groups (broad SMARTS) is 2. The predicted octanol–water partition coefficient (Wildman–Crippen LogP) is 5.99. The van der Waals surface area contributed by atoms with Gasteiger partial charge in [0.1, 0.15) is 12.4 Å². The molecule has 0 saturated heterocycles. The Morgan fingerprint density at radius 1 is 1.07 bits per heavy atom. The van der Waals surface area contributed by atoms with Gasteiger partial charge in [-0.25, -0.2) is 14.6 Å². The summed E-state index contributed by atoms with van der Waals surface area (Å²) in [5, 5.41) is 27.8. The fourth-order valence-electron chi connectivity index (χ4n) is 5.43. The van der Waals surface area contributed by atoms with Crippen LogP contribution in [0.3, 0.4) is 0 Å². The molecule has 43 heavy (non-hydrogen) atoms. The van der Waals surface area contributed by atoms with Crippen molar-refractivity contribution in [1.29, 1.82) is 0 Å². The highest BCUT2D eigenvalue weighted by atomic mass is 19.4. The number of rotatable bonds is 7. The van der Waals surface area contributed by atoms with Crippen molar-refractivity contribution >= 4 is 28.7 Å². The molecule has 2 aromatic carbocycles. The summed E-state index contributed by atoms with van der Waals surface area (Å²) in [6, 6.07) is 15.0. The van der Waals surface area contributed by atoms with Crippen molar-refractivity contribution in [3.63, 3.8) is 0 Å². The molecule has 228 valence electrons. The molecule has 10 nitrogen and oxygen atoms in total. The van der Waals surface area contributed by atoms with Gasteiger partial charge in [-0.2, -0.15) is 18.3 Å². The Bertz CT molecular complexity index is 1610. The molecule has 1 saturated carbocycles. The van der Waals surface area contributed by atoms with E-state index in [0.717, 1.165) is 35.0 Å². The number of carboxylic acids is 2. The van der Waals surface area contributed by atoms with E-state index in [1.807, 2.05) is 42.7 Å². The summed E-state index contributed by atoms with van der Waals surface area (Å²) in [5.41, 5.74) is 4.22. The molecule has 1 amide bonds. The Morgan fingerprint density at radius 2 is 1.72 bits per heavy atom. The Kier molecular flexibility index (Phi) is 9.52. The van der Waals surface area contributed by atoms with Crippen molar-refractivity contribution in [1.82, 2.24) is 25.1 Å². The molecule has 4 N–H and O–H groups in total. The SMILES string of the molecule is Cc1nc(C(C)NC(=O)Cn2c(-c3ccccc3)c(C3CCCCC3)c3ccc(C(=O)O)cc32)n[nH]1.O=C(O)C(F)(F)F. The number of aliphatic carboxylic acids is 1. The quantitative estimate of drug-likeness (QED) is 0.204. The van der Waals surface area contributed by atoms with Gasteiger partial charge in [0.25, 0.3) is 0 Å². The summed E-state index contributed by atoms with van der Waals surface area (Å²) < 4.78 is 33.7. The molecule has 0 spiro atoms. The number of carbonyl (C=O) groups is 3. The van der Waals surface area contributed by atoms with Gasteiger partial charge in [0, 0.05) is 5.39 Å². The van der Waals surface area contributed by atoms with E-state index in [1.54, 1.807) is 12.1 Å². The van der Waals surface area contributed by atoms with Crippen LogP contribution in [0.25, 0.3) is 22.2 Å². The van der Waals surface area contributed by atoms with Crippen molar-refractivity contribution in [2.24, 2.45) is 0 Å². The molecular formula is C30H32F3N5O5. The Balaban J connectivity index is 0.000000541. The summed E-state index contributed by atoms with van der Waals surface area (Å²) in [6.45, 7) is 3.72. The maximum Gasteiger partial charge on any atom is 0.490 e. The minimum Gasteiger partial charge on any atom is -0.478 e. The lowest BCUT2D eigenvalue weighted by Gasteiger charge is -2.24. The monoisotopic (exact) mass is 599 g/mol. The molecule has 2 aromatic heterocycles. The van der Waals surface area contributed by atoms with Crippen molar-refractivity contribution in [3.8, 4) is 11.3 Å². The summed E-state index contributed by atoms with van der Waals surface area (Å²) in [6.07, 6.45) is 0.680. The number of carbonyl (C=O) groups excluding carboxylic acids is 1. The number of hydrogen-bond acceptors (Lipinski definition) is 5. The molecule has 1 fully saturated rings. The van der Waals surface area contributed by atoms with Crippen molar-refractivity contribution < 1.29 is 37.8 Å². The Hall–Kier alpha value is -4.68. The average molecular weight is 600 g/mol. The van der Waals surface area contributed by atoms with Gasteiger partial charge in [0.05, 0.1) is 22.8 Å². The number of nitrogens with one attached hydrogen (secondary N) is 2. The number of hydrogen-bond donors (Lipinski definition) is 4. The first-order valence-electron chi connectivity index (χ1n) is 13.8. The second-order valence-electron chi connectivity index (χ2n) is 10.5. The van der Waals surface area contributed by atoms with E-state index in [-0.39, 0.29) is 24.1 Å². The number of aromatic nitrogens is 4. The first-order valence-corrected chi connectivity index (χ1v) is 13.8. The maximum absolute atomic E-state index is 13.3. The van der Waals surface area contributed by atoms with Crippen molar-refractivity contribution in [2.45, 2.75) is 70.6 Å². The number of aryl methyl sites for hydroxylation is 1. The summed E-state index contributed by atoms with van der Waals surface area (Å²) in [5.74, 6) is -2.35. The number of alkyl halides is 3. The predicted molar refractivity (Wildman–Crippen MR) is 152 cm³/mol. The van der Waals surface area contributed by atoms with Gasteiger partial charge in [-0.05, 0) is 55.9 Å². The smallest absolute Gasteiger partial charge is 0.478 e. The van der Waals surface area contributed by atoms with E-state index < -0.39 is 18.1 Å². The lowest BCUT2D eigenvalue weighted by molar-refractivity contribution is -0.192. The van der Waals surface area contributed by atoms with E-state index >= 15 is 0 Å². The number of benzene rings is 2. The highest BCUT2D eigenvalue weighted by Gasteiger charge is 2.38. The summed E-state index contributed by atoms with van der Waals surface area (Å²) in [4.78, 5) is 38.4. The van der Waals surface area contributed by atoms with E-state index in [1.165, 1.54) is 24.8 Å². The van der Waals surface area contributed by atoms with E-state index in [9.17, 15) is 27.9 Å². The summed E-state index contributed by atoms with van der Waals surface area (Å²) in [7, 11) is 0. The molecule has 0 radical (unpaired) electrons. The van der Waals surface area contributed by atoms with E-state index in [2.05, 4.69) is 32.6 Å². The van der Waals surface area contributed by atoms with Gasteiger partial charge in [0.15, 0.2) is 5.82 Å². The molecule has 1 unspecified atom stereocenters. The number of H-pyrrole nitrogens is 1. The highest BCUT2D eigenvalue weighted by Crippen LogP contribution is 2.44. The third-order valence-corrected chi connectivity index (χ3v) is 7.33. The largest absolute Gasteiger partial charge is 0.490 e. The second-order valence-corrected chi connectivity index (χ2v) is 10.5. The molecule has 0 bridgehead atoms. The number of aromatic carboxylic acids is 1. The van der Waals surface area contributed by atoms with Crippen LogP contribution in [0.2, 0.25) is 0 Å². The number of halogens is 3. The van der Waals surface area contributed by atoms with Gasteiger partial charge in [0.2, 0.25) is 5.91 Å². The lowest BCUT2D eigenvalue weighted by atomic mass is 9.82. The minimum atomic E-state index is -5.08. The lowest BCUT2D eigenvalue weighted by Crippen LogP contribution is -2.31. The number of nitrogens with zero attached hydrogens (tertiary/aromatic N) is 3. The van der Waals surface area contributed by atoms with Gasteiger partial charge in [-0.3, -0.25) is 9.89 Å². The molecule has 13 heteroatoms. The highest BCUT2D eigenvalue weighted by molar-refractivity contribution is 5.99. The van der Waals surface area contributed by atoms with Crippen molar-refractivity contribution in [2.75, 3.05) is 0 Å². The molecule has 1 atom stereocenters. The van der Waals surface area contributed by atoms with Crippen molar-refractivity contribution in [3.05, 3.63) is 71.3 Å². The molecule has 5 rings (SSSR count). The molecule has 1 aliphatic carbocycles. The second kappa shape index (κ2) is 13.1. The van der Waals surface area contributed by atoms with Crippen LogP contribution >= 0.6 is 0 Å². The van der Waals surface area contributed by atoms with Crippen LogP contribution in [0.5, 0.6) is 0 Å². The average Bonchev–Trinajstić information content (AvgIpc) is 3.55. The normalized spacial score (nSPS) is 14.5. The van der Waals surface area contributed by atoms with Gasteiger partial charge in [-0.1, -0.05) is 55.7 Å². The van der Waals surface area contributed by atoms with Crippen LogP contribution in [0.4, 0.5) is 13.2 Å². The molecule has 0 aliphatic heterocycles. The molecule has 4 aromatic rings. The number of fused-ring (bicyclic) bond motifs is 1. The van der Waals surface area contributed by atoms with Crippen LogP contribution in [-0.4, -0.2) is 54.0 Å². The first-order chi connectivity index (χ1) is 20.4. The van der Waals surface area contributed by atoms with Gasteiger partial charge in [-0.15, -0.1) is 0 Å². The number of aromatic amines is 1. The van der Waals surface area contributed by atoms with Gasteiger partial charge < -0.3 is 20.1 Å². The zero-order valence-electron chi connectivity index (χ0n) is 23.6. The van der Waals surface area contributed by atoms with E-state index in [0.29, 0.717) is 17.6 Å². The minimum absolute atomic E-state index is 0.0598. The van der Waals surface area contributed by atoms with Gasteiger partial charge >= 0.3 is 18.1 Å². The van der Waals surface area contributed by atoms with Crippen LogP contribution in [0.1, 0.15) is 78.6 Å². The van der Waals surface area contributed by atoms with Crippen LogP contribution in [0, 0.1) is 6.92 Å². The van der Waals surface area contributed by atoms with Crippen LogP contribution in [-0.2, 0) is 16.1 Å². The Morgan fingerprint density at radius 3 is 2.28 bits per heavy atom. The standard InChI is InChI=1S/C28H31N5O3.C2HF3O2/c1-17(27-30-18(2)31-32-27)29-24(34)16-33-23-15-21(28(35)36)13-14-22(23)25(19-9-5-3-6-10-19)26(33)20-11-7-4-8-12-20;3-2(4,5)1(6)7/h4,7-8,11-15,17,19H,3,5-6,9-10,16H2,1-2H3,(H,29,34)(H,35,36)(H,30,31,32);(H,6,7). The summed E-state index contributed by atoms with van der Waals surface area (Å²) >= 11 is 0. The Labute approximate surface area is 244 Å². The molecule has 2 heterocycles. The third kappa shape index (κ3) is 7.40. The molecular weight excluding hydrogens is 567 g/mol. The van der Waals surface area contributed by atoms with Crippen LogP contribution in [0.15, 0.2) is 48.5 Å². The maximum atomic E-state index is 13.3. The fraction of sp³-hybridized carbons (Fsp3) is 0.367. The zero-order chi connectivity index (χ0) is 31.3.